The number of hydrogen-bond acceptors (Lipinski definition) is 0. The monoisotopic (exact) mass is 1090 g/mol. The molecule has 21 rings (SSSR count). The summed E-state index contributed by atoms with van der Waals surface area (Å²) in [5.41, 5.74) is 18.9. The van der Waals surface area contributed by atoms with Gasteiger partial charge in [-0.2, -0.15) is 0 Å². The van der Waals surface area contributed by atoms with E-state index < -0.39 is 0 Å². The van der Waals surface area contributed by atoms with Crippen LogP contribution in [-0.4, -0.2) is 15.8 Å². The van der Waals surface area contributed by atoms with Gasteiger partial charge >= 0.3 is 0 Å². The summed E-state index contributed by atoms with van der Waals surface area (Å²) in [5, 5.41) is 27.9. The molecule has 0 amide bonds. The third-order valence-electron chi connectivity index (χ3n) is 20.3. The second-order valence-electron chi connectivity index (χ2n) is 24.5. The fraction of sp³-hybridized carbons (Fsp3) is 0. The lowest BCUT2D eigenvalue weighted by Crippen LogP contribution is -2.59. The Bertz CT molecular complexity index is 6390. The first-order valence-electron chi connectivity index (χ1n) is 30.5. The normalized spacial score (nSPS) is 12.8. The molecule has 0 spiro atoms. The molecule has 0 unspecified atom stereocenters. The van der Waals surface area contributed by atoms with E-state index in [2.05, 4.69) is 294 Å². The average molecular weight is 1100 g/mol. The van der Waals surface area contributed by atoms with Crippen LogP contribution in [0.5, 0.6) is 0 Å². The number of hydrogen-bond donors (Lipinski definition) is 0. The van der Waals surface area contributed by atoms with Crippen LogP contribution in [0.25, 0.3) is 185 Å². The minimum Gasteiger partial charge on any atom is -0.310 e. The topological polar surface area (TPSA) is 9.86 Å². The first-order chi connectivity index (χ1) is 43.2. The maximum Gasteiger partial charge on any atom is 0.252 e. The van der Waals surface area contributed by atoms with Crippen LogP contribution in [0.1, 0.15) is 0 Å². The van der Waals surface area contributed by atoms with Gasteiger partial charge in [0.25, 0.3) is 6.71 Å². The molecule has 2 nitrogen and oxygen atoms in total. The summed E-state index contributed by atoms with van der Waals surface area (Å²) < 4.78 is 5.31. The van der Waals surface area contributed by atoms with E-state index in [9.17, 15) is 0 Å². The van der Waals surface area contributed by atoms with Crippen molar-refractivity contribution >= 4 is 164 Å². The molecule has 0 fully saturated rings. The van der Waals surface area contributed by atoms with Crippen molar-refractivity contribution in [2.45, 2.75) is 0 Å². The maximum atomic E-state index is 2.67. The zero-order valence-corrected chi connectivity index (χ0v) is 47.1. The summed E-state index contributed by atoms with van der Waals surface area (Å²) in [5.74, 6) is 0. The fourth-order valence-electron chi connectivity index (χ4n) is 16.8. The van der Waals surface area contributed by atoms with Gasteiger partial charge < -0.3 is 9.13 Å². The van der Waals surface area contributed by atoms with E-state index in [0.29, 0.717) is 0 Å². The molecule has 2 aromatic heterocycles. The molecule has 0 saturated carbocycles. The van der Waals surface area contributed by atoms with Crippen molar-refractivity contribution in [2.75, 3.05) is 0 Å². The Morgan fingerprint density at radius 2 is 0.552 bits per heavy atom. The summed E-state index contributed by atoms with van der Waals surface area (Å²) in [6.07, 6.45) is 0. The summed E-state index contributed by atoms with van der Waals surface area (Å²) in [7, 11) is 0. The Morgan fingerprint density at radius 1 is 0.207 bits per heavy atom. The Morgan fingerprint density at radius 3 is 1.01 bits per heavy atom. The summed E-state index contributed by atoms with van der Waals surface area (Å²) >= 11 is 0. The van der Waals surface area contributed by atoms with Crippen LogP contribution in [0.2, 0.25) is 0 Å². The first-order valence-corrected chi connectivity index (χ1v) is 30.5. The van der Waals surface area contributed by atoms with E-state index in [1.165, 1.54) is 202 Å². The van der Waals surface area contributed by atoms with E-state index >= 15 is 0 Å². The van der Waals surface area contributed by atoms with E-state index in [1.54, 1.807) is 0 Å². The lowest BCUT2D eigenvalue weighted by molar-refractivity contribution is 1.14. The molecule has 4 heterocycles. The van der Waals surface area contributed by atoms with Gasteiger partial charge in [0, 0.05) is 44.0 Å². The maximum absolute atomic E-state index is 2.67. The minimum absolute atomic E-state index is 0.117. The molecule has 0 bridgehead atoms. The fourth-order valence-corrected chi connectivity index (χ4v) is 16.8. The van der Waals surface area contributed by atoms with Crippen molar-refractivity contribution in [2.24, 2.45) is 0 Å². The smallest absolute Gasteiger partial charge is 0.252 e. The Labute approximate surface area is 499 Å². The van der Waals surface area contributed by atoms with Gasteiger partial charge in [-0.05, 0) is 213 Å². The van der Waals surface area contributed by atoms with Gasteiger partial charge in [0.2, 0.25) is 0 Å². The van der Waals surface area contributed by atoms with Crippen molar-refractivity contribution in [1.82, 2.24) is 9.13 Å². The minimum atomic E-state index is -0.117. The molecule has 17 aromatic carbocycles. The standard InChI is InChI=1S/C84H47BN2/c1-4-21-54-48(18-1)38-67(62-29-12-7-24-57(54)62)51-36-37-78-72(41-51)74-42-52(68-39-49-19-2-5-22-55(49)58-25-8-13-30-63(58)68)44-76-83(74)86(78)79-34-17-35-80-82(79)85(76)77-45-53(69-40-50-20-3-6-23-56(50)59-26-9-14-31-64(59)69)43-75-73-46-70-65-32-15-10-27-60(65)61-28-11-16-33-66(61)71(70)47-81(73)87(80)84(75)77/h1-47H. The van der Waals surface area contributed by atoms with Crippen LogP contribution in [0.15, 0.2) is 285 Å². The largest absolute Gasteiger partial charge is 0.310 e. The van der Waals surface area contributed by atoms with Gasteiger partial charge in [-0.15, -0.1) is 0 Å². The highest BCUT2D eigenvalue weighted by Crippen LogP contribution is 2.48. The molecular weight excluding hydrogens is 1050 g/mol. The van der Waals surface area contributed by atoms with Crippen molar-refractivity contribution in [3.8, 4) is 44.8 Å². The highest BCUT2D eigenvalue weighted by atomic mass is 15.0. The second-order valence-corrected chi connectivity index (χ2v) is 24.5. The molecule has 396 valence electrons. The van der Waals surface area contributed by atoms with Crippen LogP contribution < -0.4 is 16.4 Å². The van der Waals surface area contributed by atoms with Crippen LogP contribution >= 0.6 is 0 Å². The zero-order valence-electron chi connectivity index (χ0n) is 47.1. The van der Waals surface area contributed by atoms with Gasteiger partial charge in [-0.3, -0.25) is 0 Å². The van der Waals surface area contributed by atoms with E-state index in [1.807, 2.05) is 0 Å². The molecule has 3 heteroatoms. The number of fused-ring (bicyclic) bond motifs is 25. The van der Waals surface area contributed by atoms with Crippen LogP contribution in [0.3, 0.4) is 0 Å². The highest BCUT2D eigenvalue weighted by molar-refractivity contribution is 7.00. The zero-order chi connectivity index (χ0) is 56.3. The number of nitrogens with zero attached hydrogens (tertiary/aromatic N) is 2. The second kappa shape index (κ2) is 16.8. The molecule has 0 radical (unpaired) electrons. The van der Waals surface area contributed by atoms with Gasteiger partial charge in [0.15, 0.2) is 0 Å². The van der Waals surface area contributed by atoms with E-state index in [4.69, 9.17) is 0 Å². The molecule has 0 saturated heterocycles. The predicted octanol–water partition coefficient (Wildman–Crippen LogP) is 20.4. The molecule has 0 aliphatic carbocycles. The van der Waals surface area contributed by atoms with E-state index in [-0.39, 0.29) is 6.71 Å². The Hall–Kier alpha value is -11.3. The third-order valence-corrected chi connectivity index (χ3v) is 20.3. The van der Waals surface area contributed by atoms with Crippen LogP contribution in [0.4, 0.5) is 0 Å². The molecular formula is C84H47BN2. The third kappa shape index (κ3) is 6.05. The molecule has 0 atom stereocenters. The van der Waals surface area contributed by atoms with Gasteiger partial charge in [-0.25, -0.2) is 0 Å². The molecule has 19 aromatic rings. The van der Waals surface area contributed by atoms with Gasteiger partial charge in [0.1, 0.15) is 0 Å². The number of benzene rings is 17. The molecule has 2 aliphatic heterocycles. The van der Waals surface area contributed by atoms with Crippen LogP contribution in [0, 0.1) is 0 Å². The van der Waals surface area contributed by atoms with Crippen molar-refractivity contribution in [3.63, 3.8) is 0 Å². The highest BCUT2D eigenvalue weighted by Gasteiger charge is 2.42. The molecule has 2 aliphatic rings. The van der Waals surface area contributed by atoms with Crippen LogP contribution in [-0.2, 0) is 0 Å². The van der Waals surface area contributed by atoms with Crippen molar-refractivity contribution in [3.05, 3.63) is 285 Å². The predicted molar refractivity (Wildman–Crippen MR) is 374 cm³/mol. The van der Waals surface area contributed by atoms with Gasteiger partial charge in [-0.1, -0.05) is 218 Å². The number of aromatic nitrogens is 2. The lowest BCUT2D eigenvalue weighted by atomic mass is 9.34. The Balaban J connectivity index is 0.934. The van der Waals surface area contributed by atoms with Gasteiger partial charge in [0.05, 0.1) is 11.0 Å². The van der Waals surface area contributed by atoms with Crippen molar-refractivity contribution < 1.29 is 0 Å². The summed E-state index contributed by atoms with van der Waals surface area (Å²) in [6.45, 7) is -0.117. The SMILES string of the molecule is c1cc2c3c(c1)-n1c4cc5c6ccccc6c6ccccc6c5cc4c4cc(-c5cc6ccccc6c6ccccc56)cc(c41)B3c1cc(-c3cc4ccccc4c4ccccc34)cc3c4cc(-c5cc6ccccc6c6ccccc56)ccc4n-2c13. The quantitative estimate of drug-likeness (QED) is 0.123. The average Bonchev–Trinajstić information content (AvgIpc) is 1.60. The Kier molecular flexibility index (Phi) is 8.89. The molecule has 0 N–H and O–H groups in total. The van der Waals surface area contributed by atoms with Crippen molar-refractivity contribution in [1.29, 1.82) is 0 Å². The number of rotatable bonds is 3. The first kappa shape index (κ1) is 46.2. The summed E-state index contributed by atoms with van der Waals surface area (Å²) in [6, 6.07) is 109. The lowest BCUT2D eigenvalue weighted by Gasteiger charge is -2.34. The molecule has 87 heavy (non-hydrogen) atoms. The summed E-state index contributed by atoms with van der Waals surface area (Å²) in [4.78, 5) is 0. The van der Waals surface area contributed by atoms with E-state index in [0.717, 1.165) is 0 Å².